The van der Waals surface area contributed by atoms with Crippen molar-refractivity contribution in [1.29, 1.82) is 4.78 Å². The first-order valence-corrected chi connectivity index (χ1v) is 9.08. The molecule has 1 N–H and O–H groups in total. The van der Waals surface area contributed by atoms with Crippen LogP contribution in [0.3, 0.4) is 0 Å². The highest BCUT2D eigenvalue weighted by Gasteiger charge is 2.34. The van der Waals surface area contributed by atoms with Crippen LogP contribution in [0.25, 0.3) is 0 Å². The van der Waals surface area contributed by atoms with Crippen LogP contribution in [-0.2, 0) is 26.3 Å². The number of ether oxygens (including phenoxy) is 1. The molecule has 0 radical (unpaired) electrons. The lowest BCUT2D eigenvalue weighted by molar-refractivity contribution is -0.137. The van der Waals surface area contributed by atoms with Crippen molar-refractivity contribution in [2.45, 2.75) is 38.5 Å². The van der Waals surface area contributed by atoms with Crippen molar-refractivity contribution in [3.63, 3.8) is 0 Å². The van der Waals surface area contributed by atoms with Crippen molar-refractivity contribution < 1.29 is 31.2 Å². The van der Waals surface area contributed by atoms with Crippen LogP contribution in [0, 0.1) is 4.78 Å². The summed E-state index contributed by atoms with van der Waals surface area (Å²) in [5.41, 5.74) is -0.596. The third-order valence-electron chi connectivity index (χ3n) is 3.39. The van der Waals surface area contributed by atoms with Gasteiger partial charge in [0.1, 0.15) is 6.61 Å². The van der Waals surface area contributed by atoms with E-state index in [-0.39, 0.29) is 29.0 Å². The summed E-state index contributed by atoms with van der Waals surface area (Å²) in [4.78, 5) is 5.19. The van der Waals surface area contributed by atoms with Crippen LogP contribution in [0.4, 0.5) is 13.2 Å². The molecule has 1 aromatic carbocycles. The van der Waals surface area contributed by atoms with Gasteiger partial charge >= 0.3 is 16.7 Å². The van der Waals surface area contributed by atoms with Crippen LogP contribution in [0.2, 0.25) is 5.02 Å². The summed E-state index contributed by atoms with van der Waals surface area (Å²) in [6, 6.07) is 3.44. The van der Waals surface area contributed by atoms with E-state index in [2.05, 4.69) is 5.16 Å². The summed E-state index contributed by atoms with van der Waals surface area (Å²) in [5, 5.41) is 4.09. The number of benzene rings is 1. The Bertz CT molecular complexity index is 726. The first kappa shape index (κ1) is 22.4. The summed E-state index contributed by atoms with van der Waals surface area (Å²) >= 11 is 5.82. The molecule has 0 bridgehead atoms. The molecule has 0 amide bonds. The third-order valence-corrected chi connectivity index (χ3v) is 3.63. The zero-order valence-electron chi connectivity index (χ0n) is 13.8. The molecule has 1 aromatic rings. The highest BCUT2D eigenvalue weighted by atomic mass is 35.5. The fourth-order valence-corrected chi connectivity index (χ4v) is 2.45. The van der Waals surface area contributed by atoms with E-state index < -0.39 is 22.2 Å². The maximum atomic E-state index is 13.1. The molecule has 6 nitrogen and oxygen atoms in total. The fraction of sp³-hybridized carbons (Fsp3) is 0.533. The van der Waals surface area contributed by atoms with Gasteiger partial charge in [0.05, 0.1) is 17.4 Å². The Morgan fingerprint density at radius 3 is 2.62 bits per heavy atom. The molecule has 0 aliphatic carbocycles. The summed E-state index contributed by atoms with van der Waals surface area (Å²) in [7, 11) is -2.61. The largest absolute Gasteiger partial charge is 0.417 e. The van der Waals surface area contributed by atoms with Crippen molar-refractivity contribution >= 4 is 27.8 Å². The maximum absolute atomic E-state index is 13.1. The van der Waals surface area contributed by atoms with Gasteiger partial charge in [0.15, 0.2) is 0 Å². The summed E-state index contributed by atoms with van der Waals surface area (Å²) < 4.78 is 67.5. The topological polar surface area (TPSA) is 88.8 Å². The third kappa shape index (κ3) is 7.71. The van der Waals surface area contributed by atoms with Crippen LogP contribution in [0.1, 0.15) is 37.3 Å². The molecule has 1 unspecified atom stereocenters. The molecule has 1 fully saturated rings. The zero-order chi connectivity index (χ0) is 19.7. The van der Waals surface area contributed by atoms with Crippen molar-refractivity contribution in [3.05, 3.63) is 34.3 Å². The van der Waals surface area contributed by atoms with Gasteiger partial charge in [0, 0.05) is 17.2 Å². The number of hydrogen-bond donors (Lipinski definition) is 1. The van der Waals surface area contributed by atoms with E-state index in [0.29, 0.717) is 13.0 Å². The molecule has 1 saturated heterocycles. The van der Waals surface area contributed by atoms with E-state index in [1.807, 2.05) is 0 Å². The quantitative estimate of drug-likeness (QED) is 0.574. The van der Waals surface area contributed by atoms with E-state index >= 15 is 0 Å². The van der Waals surface area contributed by atoms with Gasteiger partial charge < -0.3 is 9.57 Å². The van der Waals surface area contributed by atoms with Crippen molar-refractivity contribution in [3.8, 4) is 0 Å². The molecule has 0 saturated carbocycles. The lowest BCUT2D eigenvalue weighted by Gasteiger charge is -2.14. The Morgan fingerprint density at radius 2 is 2.12 bits per heavy atom. The minimum absolute atomic E-state index is 0.0386. The van der Waals surface area contributed by atoms with Gasteiger partial charge in [-0.05, 0) is 37.5 Å². The average molecular weight is 415 g/mol. The molecule has 11 heteroatoms. The Balaban J connectivity index is 0.000000765. The highest BCUT2D eigenvalue weighted by molar-refractivity contribution is 7.60. The smallest absolute Gasteiger partial charge is 0.393 e. The molecular formula is C15H18ClF3N2O4S. The molecule has 2 rings (SSSR count). The highest BCUT2D eigenvalue weighted by Crippen LogP contribution is 2.34. The molecule has 1 heterocycles. The summed E-state index contributed by atoms with van der Waals surface area (Å²) in [5.74, 6) is 0. The first-order chi connectivity index (χ1) is 12.1. The summed E-state index contributed by atoms with van der Waals surface area (Å²) in [6.07, 6.45) is -2.37. The van der Waals surface area contributed by atoms with Crippen LogP contribution >= 0.6 is 11.6 Å². The molecular weight excluding hydrogens is 397 g/mol. The van der Waals surface area contributed by atoms with E-state index in [9.17, 15) is 13.2 Å². The van der Waals surface area contributed by atoms with Gasteiger partial charge in [-0.1, -0.05) is 23.7 Å². The SMILES string of the molecule is CC/C(=N\OCC1CCCO1)c1cc(Cl)ccc1C(F)(F)F.N=S(=O)=O. The van der Waals surface area contributed by atoms with Gasteiger partial charge in [0.2, 0.25) is 0 Å². The Morgan fingerprint density at radius 1 is 1.46 bits per heavy atom. The number of nitrogens with one attached hydrogen (secondary N) is 1. The monoisotopic (exact) mass is 414 g/mol. The van der Waals surface area contributed by atoms with Crippen LogP contribution in [-0.4, -0.2) is 33.4 Å². The predicted molar refractivity (Wildman–Crippen MR) is 89.8 cm³/mol. The van der Waals surface area contributed by atoms with Gasteiger partial charge in [-0.25, -0.2) is 0 Å². The van der Waals surface area contributed by atoms with Crippen molar-refractivity contribution in [2.75, 3.05) is 13.2 Å². The van der Waals surface area contributed by atoms with Gasteiger partial charge in [-0.3, -0.25) is 0 Å². The van der Waals surface area contributed by atoms with Crippen molar-refractivity contribution in [1.82, 2.24) is 0 Å². The zero-order valence-corrected chi connectivity index (χ0v) is 15.4. The second-order valence-electron chi connectivity index (χ2n) is 5.24. The second kappa shape index (κ2) is 10.5. The standard InChI is InChI=1S/C15H17ClF3NO2.HNO2S/c1-2-14(20-22-9-11-4-3-7-21-11)12-8-10(16)5-6-13(12)15(17,18)19;1-4(2)3/h5-6,8,11H,2-4,7,9H2,1H3;1H/b20-14+;. The minimum Gasteiger partial charge on any atom is -0.393 e. The number of halogens is 4. The normalized spacial score (nSPS) is 17.4. The molecule has 1 atom stereocenters. The summed E-state index contributed by atoms with van der Waals surface area (Å²) in [6.45, 7) is 2.64. The average Bonchev–Trinajstić information content (AvgIpc) is 3.03. The predicted octanol–water partition coefficient (Wildman–Crippen LogP) is 4.30. The van der Waals surface area contributed by atoms with Gasteiger partial charge in [-0.15, -0.1) is 0 Å². The minimum atomic E-state index is -4.47. The number of hydrogen-bond acceptors (Lipinski definition) is 6. The Kier molecular flexibility index (Phi) is 9.03. The lowest BCUT2D eigenvalue weighted by atomic mass is 10.0. The van der Waals surface area contributed by atoms with E-state index in [4.69, 9.17) is 34.4 Å². The first-order valence-electron chi connectivity index (χ1n) is 7.63. The lowest BCUT2D eigenvalue weighted by Crippen LogP contribution is -2.15. The second-order valence-corrected chi connectivity index (χ2v) is 6.15. The Labute approximate surface area is 155 Å². The van der Waals surface area contributed by atoms with E-state index in [0.717, 1.165) is 18.9 Å². The number of nitrogens with zero attached hydrogens (tertiary/aromatic N) is 1. The molecule has 1 aliphatic heterocycles. The van der Waals surface area contributed by atoms with Crippen LogP contribution in [0.15, 0.2) is 23.4 Å². The molecule has 0 aromatic heterocycles. The number of rotatable bonds is 5. The van der Waals surface area contributed by atoms with Gasteiger partial charge in [0.25, 0.3) is 0 Å². The van der Waals surface area contributed by atoms with Crippen LogP contribution in [0.5, 0.6) is 0 Å². The Hall–Kier alpha value is -1.65. The number of oxime groups is 1. The van der Waals surface area contributed by atoms with Crippen LogP contribution < -0.4 is 0 Å². The molecule has 26 heavy (non-hydrogen) atoms. The van der Waals surface area contributed by atoms with E-state index in [1.54, 1.807) is 6.92 Å². The van der Waals surface area contributed by atoms with Gasteiger partial charge in [-0.2, -0.15) is 26.4 Å². The van der Waals surface area contributed by atoms with E-state index in [1.165, 1.54) is 12.1 Å². The maximum Gasteiger partial charge on any atom is 0.417 e. The molecule has 146 valence electrons. The van der Waals surface area contributed by atoms with Crippen molar-refractivity contribution in [2.24, 2.45) is 5.16 Å². The number of alkyl halides is 3. The molecule has 0 spiro atoms. The fourth-order valence-electron chi connectivity index (χ4n) is 2.28. The molecule has 1 aliphatic rings.